The quantitative estimate of drug-likeness (QED) is 0.828. The molecule has 1 aromatic heterocycles. The summed E-state index contributed by atoms with van der Waals surface area (Å²) in [6.45, 7) is 1.42. The molecule has 0 amide bonds. The monoisotopic (exact) mass is 344 g/mol. The molecule has 2 heterocycles. The Morgan fingerprint density at radius 3 is 2.65 bits per heavy atom. The molecule has 10 heteroatoms. The van der Waals surface area contributed by atoms with Crippen molar-refractivity contribution in [3.63, 3.8) is 0 Å². The lowest BCUT2D eigenvalue weighted by molar-refractivity contribution is -0.0954. The van der Waals surface area contributed by atoms with Crippen molar-refractivity contribution in [3.05, 3.63) is 47.9 Å². The normalized spacial score (nSPS) is 24.3. The van der Waals surface area contributed by atoms with E-state index in [-0.39, 0.29) is 10.6 Å². The third kappa shape index (κ3) is 2.52. The Hall–Kier alpha value is -2.23. The Morgan fingerprint density at radius 2 is 2.04 bits per heavy atom. The van der Waals surface area contributed by atoms with E-state index < -0.39 is 33.7 Å². The van der Waals surface area contributed by atoms with Crippen LogP contribution in [0.1, 0.15) is 13.3 Å². The van der Waals surface area contributed by atoms with Gasteiger partial charge >= 0.3 is 6.18 Å². The maximum Gasteiger partial charge on any atom is 0.412 e. The molecule has 23 heavy (non-hydrogen) atoms. The first-order valence-corrected chi connectivity index (χ1v) is 7.95. The minimum atomic E-state index is -4.49. The molecule has 1 atom stereocenters. The average Bonchev–Trinajstić information content (AvgIpc) is 2.84. The zero-order valence-corrected chi connectivity index (χ0v) is 12.6. The van der Waals surface area contributed by atoms with Crippen LogP contribution in [0.4, 0.5) is 13.2 Å². The van der Waals surface area contributed by atoms with E-state index in [0.717, 1.165) is 18.3 Å². The van der Waals surface area contributed by atoms with E-state index >= 15 is 0 Å². The number of allylic oxidation sites excluding steroid dienone is 2. The molecule has 1 aliphatic carbocycles. The molecule has 0 radical (unpaired) electrons. The fourth-order valence-corrected chi connectivity index (χ4v) is 3.69. The largest absolute Gasteiger partial charge is 0.412 e. The van der Waals surface area contributed by atoms with Crippen LogP contribution in [0.5, 0.6) is 0 Å². The lowest BCUT2D eigenvalue weighted by atomic mass is 9.86. The summed E-state index contributed by atoms with van der Waals surface area (Å²) < 4.78 is 64.3. The summed E-state index contributed by atoms with van der Waals surface area (Å²) in [5, 5.41) is 7.36. The molecule has 0 unspecified atom stereocenters. The number of pyridine rings is 1. The van der Waals surface area contributed by atoms with Gasteiger partial charge in [-0.2, -0.15) is 26.7 Å². The first-order chi connectivity index (χ1) is 10.6. The number of halogens is 3. The van der Waals surface area contributed by atoms with Crippen LogP contribution in [0.25, 0.3) is 0 Å². The Balaban J connectivity index is 2.04. The second-order valence-corrected chi connectivity index (χ2v) is 7.09. The van der Waals surface area contributed by atoms with Crippen LogP contribution in [0.15, 0.2) is 63.2 Å². The second kappa shape index (κ2) is 4.88. The molecule has 0 fully saturated rings. The second-order valence-electron chi connectivity index (χ2n) is 5.32. The smallest absolute Gasteiger partial charge is 0.263 e. The minimum Gasteiger partial charge on any atom is -0.263 e. The van der Waals surface area contributed by atoms with Gasteiger partial charge in [-0.25, -0.2) is 0 Å². The highest BCUT2D eigenvalue weighted by molar-refractivity contribution is 7.89. The number of fused-ring (bicyclic) bond motifs is 1. The van der Waals surface area contributed by atoms with E-state index in [9.17, 15) is 21.6 Å². The molecule has 1 aromatic rings. The van der Waals surface area contributed by atoms with Crippen LogP contribution in [0, 0.1) is 0 Å². The summed E-state index contributed by atoms with van der Waals surface area (Å²) in [5.41, 5.74) is -2.06. The van der Waals surface area contributed by atoms with E-state index in [2.05, 4.69) is 15.3 Å². The van der Waals surface area contributed by atoms with Crippen LogP contribution >= 0.6 is 0 Å². The number of sulfonamides is 1. The molecule has 0 aromatic carbocycles. The first-order valence-electron chi connectivity index (χ1n) is 6.51. The van der Waals surface area contributed by atoms with Crippen molar-refractivity contribution < 1.29 is 21.6 Å². The molecule has 0 bridgehead atoms. The number of rotatable bonds is 2. The van der Waals surface area contributed by atoms with Gasteiger partial charge in [-0.05, 0) is 25.1 Å². The van der Waals surface area contributed by atoms with Crippen molar-refractivity contribution in [1.82, 2.24) is 9.40 Å². The first kappa shape index (κ1) is 15.7. The predicted molar refractivity (Wildman–Crippen MR) is 73.4 cm³/mol. The number of alkyl halides is 3. The third-order valence-corrected chi connectivity index (χ3v) is 5.17. The van der Waals surface area contributed by atoms with Crippen molar-refractivity contribution in [1.29, 1.82) is 0 Å². The Morgan fingerprint density at radius 1 is 1.30 bits per heavy atom. The van der Waals surface area contributed by atoms with Crippen LogP contribution in [-0.4, -0.2) is 29.5 Å². The van der Waals surface area contributed by atoms with Crippen LogP contribution < -0.4 is 0 Å². The molecule has 2 aliphatic rings. The van der Waals surface area contributed by atoms with Gasteiger partial charge in [0.15, 0.2) is 0 Å². The van der Waals surface area contributed by atoms with Gasteiger partial charge in [0, 0.05) is 24.4 Å². The van der Waals surface area contributed by atoms with E-state index in [4.69, 9.17) is 0 Å². The zero-order chi connectivity index (χ0) is 16.9. The molecule has 0 N–H and O–H groups in total. The van der Waals surface area contributed by atoms with E-state index in [1.165, 1.54) is 25.3 Å². The Labute approximate surface area is 130 Å². The molecule has 1 aliphatic heterocycles. The Kier molecular flexibility index (Phi) is 3.32. The molecule has 122 valence electrons. The van der Waals surface area contributed by atoms with Crippen molar-refractivity contribution in [2.75, 3.05) is 0 Å². The lowest BCUT2D eigenvalue weighted by Crippen LogP contribution is -2.35. The maximum atomic E-state index is 12.9. The summed E-state index contributed by atoms with van der Waals surface area (Å²) in [6, 6.07) is 2.77. The molecule has 3 rings (SSSR count). The molecular formula is C13H11F3N4O2S. The summed E-state index contributed by atoms with van der Waals surface area (Å²) in [5.74, 6) is 0. The van der Waals surface area contributed by atoms with Crippen molar-refractivity contribution >= 4 is 10.0 Å². The van der Waals surface area contributed by atoms with E-state index in [1.807, 2.05) is 0 Å². The fraction of sp³-hybridized carbons (Fsp3) is 0.308. The highest BCUT2D eigenvalue weighted by Crippen LogP contribution is 2.45. The Bertz CT molecular complexity index is 831. The molecular weight excluding hydrogens is 333 g/mol. The van der Waals surface area contributed by atoms with Gasteiger partial charge < -0.3 is 0 Å². The molecule has 0 spiro atoms. The van der Waals surface area contributed by atoms with E-state index in [0.29, 0.717) is 4.41 Å². The van der Waals surface area contributed by atoms with Crippen molar-refractivity contribution in [3.8, 4) is 0 Å². The van der Waals surface area contributed by atoms with Gasteiger partial charge in [0.1, 0.15) is 10.4 Å². The summed E-state index contributed by atoms with van der Waals surface area (Å²) >= 11 is 0. The van der Waals surface area contributed by atoms with Crippen LogP contribution in [-0.2, 0) is 10.0 Å². The number of hydrogen-bond acceptors (Lipinski definition) is 5. The highest BCUT2D eigenvalue weighted by atomic mass is 32.2. The lowest BCUT2D eigenvalue weighted by Gasteiger charge is -2.29. The maximum absolute atomic E-state index is 12.9. The summed E-state index contributed by atoms with van der Waals surface area (Å²) in [6.07, 6.45) is -0.450. The topological polar surface area (TPSA) is 75.0 Å². The van der Waals surface area contributed by atoms with Crippen LogP contribution in [0.2, 0.25) is 0 Å². The van der Waals surface area contributed by atoms with Gasteiger partial charge in [0.25, 0.3) is 10.0 Å². The molecule has 0 saturated carbocycles. The SMILES string of the molecule is C[C@]12CC(C(F)(F)F)=CC=C1N(S(=O)(=O)c1cccnc1)N=N2. The zero-order valence-electron chi connectivity index (χ0n) is 11.8. The van der Waals surface area contributed by atoms with Gasteiger partial charge in [-0.3, -0.25) is 4.98 Å². The fourth-order valence-electron chi connectivity index (χ4n) is 2.40. The summed E-state index contributed by atoms with van der Waals surface area (Å²) in [4.78, 5) is 3.61. The number of nitrogens with zero attached hydrogens (tertiary/aromatic N) is 4. The minimum absolute atomic E-state index is 0.0781. The number of aromatic nitrogens is 1. The molecule has 0 saturated heterocycles. The van der Waals surface area contributed by atoms with Crippen LogP contribution in [0.3, 0.4) is 0 Å². The molecule has 6 nitrogen and oxygen atoms in total. The van der Waals surface area contributed by atoms with Gasteiger partial charge in [0.05, 0.1) is 5.70 Å². The van der Waals surface area contributed by atoms with Crippen molar-refractivity contribution in [2.45, 2.75) is 30.0 Å². The number of hydrogen-bond donors (Lipinski definition) is 0. The van der Waals surface area contributed by atoms with Gasteiger partial charge in [-0.1, -0.05) is 11.3 Å². The highest BCUT2D eigenvalue weighted by Gasteiger charge is 2.49. The van der Waals surface area contributed by atoms with Crippen molar-refractivity contribution in [2.24, 2.45) is 10.3 Å². The predicted octanol–water partition coefficient (Wildman–Crippen LogP) is 2.99. The van der Waals surface area contributed by atoms with Gasteiger partial charge in [-0.15, -0.1) is 4.41 Å². The third-order valence-electron chi connectivity index (χ3n) is 3.61. The summed E-state index contributed by atoms with van der Waals surface area (Å²) in [7, 11) is -4.07. The standard InChI is InChI=1S/C13H11F3N4O2S/c1-12-7-9(13(14,15)16)4-5-11(12)20(19-18-12)23(21,22)10-3-2-6-17-8-10/h2-6,8H,7H2,1H3/t12-/m0/s1. The van der Waals surface area contributed by atoms with E-state index in [1.54, 1.807) is 0 Å². The van der Waals surface area contributed by atoms with Gasteiger partial charge in [0.2, 0.25) is 0 Å². The average molecular weight is 344 g/mol.